The van der Waals surface area contributed by atoms with Crippen LogP contribution in [0, 0.1) is 0 Å². The second kappa shape index (κ2) is 8.31. The minimum absolute atomic E-state index is 0.146. The van der Waals surface area contributed by atoms with E-state index in [0.29, 0.717) is 19.1 Å². The van der Waals surface area contributed by atoms with Gasteiger partial charge in [-0.3, -0.25) is 4.99 Å². The maximum atomic E-state index is 11.5. The van der Waals surface area contributed by atoms with E-state index in [-0.39, 0.29) is 5.75 Å². The van der Waals surface area contributed by atoms with Gasteiger partial charge < -0.3 is 10.6 Å². The summed E-state index contributed by atoms with van der Waals surface area (Å²) in [5.41, 5.74) is 0. The van der Waals surface area contributed by atoms with Crippen molar-refractivity contribution in [2.24, 2.45) is 4.99 Å². The number of nitrogens with zero attached hydrogens (tertiary/aromatic N) is 2. The predicted octanol–water partition coefficient (Wildman–Crippen LogP) is 0.231. The average Bonchev–Trinajstić information content (AvgIpc) is 2.32. The number of hydrogen-bond donors (Lipinski definition) is 2. The van der Waals surface area contributed by atoms with Crippen LogP contribution in [-0.2, 0) is 10.0 Å². The number of sulfonamides is 1. The number of hydrogen-bond acceptors (Lipinski definition) is 3. The van der Waals surface area contributed by atoms with E-state index in [1.165, 1.54) is 4.31 Å². The highest BCUT2D eigenvalue weighted by Gasteiger charge is 2.13. The van der Waals surface area contributed by atoms with Gasteiger partial charge in [-0.15, -0.1) is 0 Å². The number of guanidine groups is 1. The van der Waals surface area contributed by atoms with Crippen LogP contribution >= 0.6 is 0 Å². The lowest BCUT2D eigenvalue weighted by atomic mass is 10.4. The molecule has 0 spiro atoms. The molecule has 0 bridgehead atoms. The summed E-state index contributed by atoms with van der Waals surface area (Å²) in [6.07, 6.45) is 0.745. The van der Waals surface area contributed by atoms with Gasteiger partial charge in [0.25, 0.3) is 0 Å². The fourth-order valence-corrected chi connectivity index (χ4v) is 2.18. The van der Waals surface area contributed by atoms with Crippen molar-refractivity contribution in [3.63, 3.8) is 0 Å². The number of nitrogens with one attached hydrogen (secondary N) is 2. The summed E-state index contributed by atoms with van der Waals surface area (Å²) in [5, 5.41) is 6.31. The van der Waals surface area contributed by atoms with Gasteiger partial charge in [-0.2, -0.15) is 0 Å². The van der Waals surface area contributed by atoms with E-state index in [1.54, 1.807) is 21.0 Å². The molecular formula is C11H26N4O2S. The van der Waals surface area contributed by atoms with E-state index in [1.807, 2.05) is 13.8 Å². The van der Waals surface area contributed by atoms with Gasteiger partial charge in [-0.1, -0.05) is 0 Å². The Kier molecular flexibility index (Phi) is 7.93. The third-order valence-corrected chi connectivity index (χ3v) is 4.29. The van der Waals surface area contributed by atoms with E-state index >= 15 is 0 Å². The summed E-state index contributed by atoms with van der Waals surface area (Å²) in [6, 6.07) is 0.319. The van der Waals surface area contributed by atoms with Crippen molar-refractivity contribution in [3.8, 4) is 0 Å². The highest BCUT2D eigenvalue weighted by Crippen LogP contribution is 1.98. The van der Waals surface area contributed by atoms with Crippen LogP contribution in [0.1, 0.15) is 27.2 Å². The molecule has 0 aliphatic carbocycles. The molecule has 0 unspecified atom stereocenters. The zero-order chi connectivity index (χ0) is 14.2. The van der Waals surface area contributed by atoms with Crippen LogP contribution in [0.2, 0.25) is 0 Å². The molecule has 108 valence electrons. The third-order valence-electron chi connectivity index (χ3n) is 2.43. The van der Waals surface area contributed by atoms with E-state index in [9.17, 15) is 8.42 Å². The first kappa shape index (κ1) is 17.2. The normalized spacial score (nSPS) is 13.2. The third kappa shape index (κ3) is 6.80. The Balaban J connectivity index is 3.93. The zero-order valence-corrected chi connectivity index (χ0v) is 12.8. The van der Waals surface area contributed by atoms with Crippen molar-refractivity contribution in [2.75, 3.05) is 32.9 Å². The molecule has 0 aliphatic rings. The van der Waals surface area contributed by atoms with Gasteiger partial charge in [0.1, 0.15) is 0 Å². The van der Waals surface area contributed by atoms with Gasteiger partial charge in [0.15, 0.2) is 5.96 Å². The van der Waals surface area contributed by atoms with E-state index in [4.69, 9.17) is 0 Å². The van der Waals surface area contributed by atoms with Crippen LogP contribution in [-0.4, -0.2) is 57.7 Å². The topological polar surface area (TPSA) is 73.8 Å². The summed E-state index contributed by atoms with van der Waals surface area (Å²) in [5.74, 6) is 0.888. The second-order valence-corrected chi connectivity index (χ2v) is 6.74. The summed E-state index contributed by atoms with van der Waals surface area (Å²) >= 11 is 0. The highest BCUT2D eigenvalue weighted by molar-refractivity contribution is 7.89. The molecule has 6 nitrogen and oxygen atoms in total. The Bertz CT molecular complexity index is 352. The molecule has 0 atom stereocenters. The first-order chi connectivity index (χ1) is 8.33. The van der Waals surface area contributed by atoms with Gasteiger partial charge in [0.2, 0.25) is 10.0 Å². The second-order valence-electron chi connectivity index (χ2n) is 4.37. The number of aliphatic imine (C=N–C) groups is 1. The van der Waals surface area contributed by atoms with Gasteiger partial charge in [-0.25, -0.2) is 12.7 Å². The van der Waals surface area contributed by atoms with Crippen LogP contribution < -0.4 is 10.6 Å². The summed E-state index contributed by atoms with van der Waals surface area (Å²) in [7, 11) is 0.261. The quantitative estimate of drug-likeness (QED) is 0.397. The van der Waals surface area contributed by atoms with Crippen molar-refractivity contribution >= 4 is 16.0 Å². The summed E-state index contributed by atoms with van der Waals surface area (Å²) < 4.78 is 24.4. The molecule has 0 radical (unpaired) electrons. The molecular weight excluding hydrogens is 252 g/mol. The Morgan fingerprint density at radius 3 is 2.44 bits per heavy atom. The molecule has 0 aromatic carbocycles. The van der Waals surface area contributed by atoms with Gasteiger partial charge in [0, 0.05) is 33.2 Å². The Morgan fingerprint density at radius 1 is 1.39 bits per heavy atom. The average molecular weight is 278 g/mol. The maximum Gasteiger partial charge on any atom is 0.213 e. The lowest BCUT2D eigenvalue weighted by Crippen LogP contribution is -2.42. The van der Waals surface area contributed by atoms with Crippen molar-refractivity contribution in [1.29, 1.82) is 0 Å². The monoisotopic (exact) mass is 278 g/mol. The van der Waals surface area contributed by atoms with Crippen molar-refractivity contribution in [3.05, 3.63) is 0 Å². The van der Waals surface area contributed by atoms with Crippen LogP contribution in [0.15, 0.2) is 4.99 Å². The molecule has 0 rings (SSSR count). The highest BCUT2D eigenvalue weighted by atomic mass is 32.2. The first-order valence-corrected chi connectivity index (χ1v) is 7.85. The Hall–Kier alpha value is -0.820. The molecule has 0 heterocycles. The number of rotatable bonds is 7. The maximum absolute atomic E-state index is 11.5. The molecule has 0 saturated carbocycles. The SMILES string of the molecule is CCS(=O)(=O)N(C)CCCNC(=NC)NC(C)C. The van der Waals surface area contributed by atoms with Crippen LogP contribution in [0.25, 0.3) is 0 Å². The summed E-state index contributed by atoms with van der Waals surface area (Å²) in [6.45, 7) is 6.93. The minimum Gasteiger partial charge on any atom is -0.356 e. The molecule has 0 fully saturated rings. The molecule has 18 heavy (non-hydrogen) atoms. The van der Waals surface area contributed by atoms with Crippen molar-refractivity contribution < 1.29 is 8.42 Å². The Morgan fingerprint density at radius 2 is 2.00 bits per heavy atom. The smallest absolute Gasteiger partial charge is 0.213 e. The fraction of sp³-hybridized carbons (Fsp3) is 0.909. The predicted molar refractivity (Wildman–Crippen MR) is 76.3 cm³/mol. The molecule has 0 aromatic rings. The fourth-order valence-electron chi connectivity index (χ4n) is 1.34. The molecule has 0 saturated heterocycles. The van der Waals surface area contributed by atoms with Crippen LogP contribution in [0.5, 0.6) is 0 Å². The van der Waals surface area contributed by atoms with Crippen LogP contribution in [0.4, 0.5) is 0 Å². The van der Waals surface area contributed by atoms with Crippen molar-refractivity contribution in [1.82, 2.24) is 14.9 Å². The van der Waals surface area contributed by atoms with Gasteiger partial charge in [-0.05, 0) is 27.2 Å². The van der Waals surface area contributed by atoms with Gasteiger partial charge >= 0.3 is 0 Å². The molecule has 0 amide bonds. The van der Waals surface area contributed by atoms with E-state index < -0.39 is 10.0 Å². The van der Waals surface area contributed by atoms with Crippen molar-refractivity contribution in [2.45, 2.75) is 33.2 Å². The van der Waals surface area contributed by atoms with Gasteiger partial charge in [0.05, 0.1) is 5.75 Å². The molecule has 0 aromatic heterocycles. The van der Waals surface area contributed by atoms with E-state index in [2.05, 4.69) is 15.6 Å². The lowest BCUT2D eigenvalue weighted by molar-refractivity contribution is 0.461. The molecule has 2 N–H and O–H groups in total. The molecule has 7 heteroatoms. The van der Waals surface area contributed by atoms with Crippen LogP contribution in [0.3, 0.4) is 0 Å². The van der Waals surface area contributed by atoms with E-state index in [0.717, 1.165) is 12.4 Å². The zero-order valence-electron chi connectivity index (χ0n) is 12.0. The largest absolute Gasteiger partial charge is 0.356 e. The molecule has 0 aliphatic heterocycles. The first-order valence-electron chi connectivity index (χ1n) is 6.24. The lowest BCUT2D eigenvalue weighted by Gasteiger charge is -2.17. The minimum atomic E-state index is -3.06. The summed E-state index contributed by atoms with van der Waals surface area (Å²) in [4.78, 5) is 4.07. The standard InChI is InChI=1S/C11H26N4O2S/c1-6-18(16,17)15(5)9-7-8-13-11(12-4)14-10(2)3/h10H,6-9H2,1-5H3,(H2,12,13,14). The Labute approximate surface area is 111 Å².